The molecule has 0 spiro atoms. The van der Waals surface area contributed by atoms with Crippen LogP contribution in [0.2, 0.25) is 5.02 Å². The third-order valence-electron chi connectivity index (χ3n) is 6.31. The fourth-order valence-corrected chi connectivity index (χ4v) is 5.88. The molecule has 4 heterocycles. The molecule has 2 aliphatic heterocycles. The van der Waals surface area contributed by atoms with E-state index in [0.29, 0.717) is 22.4 Å². The van der Waals surface area contributed by atoms with Gasteiger partial charge in [0.15, 0.2) is 12.1 Å². The topological polar surface area (TPSA) is 118 Å². The van der Waals surface area contributed by atoms with Crippen LogP contribution in [0.15, 0.2) is 42.5 Å². The zero-order chi connectivity index (χ0) is 24.3. The van der Waals surface area contributed by atoms with Crippen molar-refractivity contribution in [2.75, 3.05) is 6.61 Å². The van der Waals surface area contributed by atoms with Crippen molar-refractivity contribution in [3.05, 3.63) is 69.7 Å². The van der Waals surface area contributed by atoms with Crippen molar-refractivity contribution in [3.8, 4) is 5.69 Å². The van der Waals surface area contributed by atoms with E-state index < -0.39 is 36.7 Å². The predicted molar refractivity (Wildman–Crippen MR) is 131 cm³/mol. The van der Waals surface area contributed by atoms with E-state index in [4.69, 9.17) is 31.5 Å². The van der Waals surface area contributed by atoms with Gasteiger partial charge in [0.05, 0.1) is 33.1 Å². The van der Waals surface area contributed by atoms with Crippen LogP contribution in [0, 0.1) is 13.8 Å². The quantitative estimate of drug-likeness (QED) is 0.428. The summed E-state index contributed by atoms with van der Waals surface area (Å²) in [6, 6.07) is 12.7. The molecule has 3 N–H and O–H groups in total. The molecule has 2 aromatic carbocycles. The highest BCUT2D eigenvalue weighted by molar-refractivity contribution is 7.18. The lowest BCUT2D eigenvalue weighted by Gasteiger charge is -2.46. The summed E-state index contributed by atoms with van der Waals surface area (Å²) in [5.41, 5.74) is 8.84. The second-order valence-electron chi connectivity index (χ2n) is 8.78. The Kier molecular flexibility index (Phi) is 5.84. The number of halogens is 1. The minimum atomic E-state index is -1.07. The number of aliphatic hydroxyl groups is 1. The number of ether oxygens (including phenoxy) is 3. The van der Waals surface area contributed by atoms with E-state index in [9.17, 15) is 5.11 Å². The monoisotopic (exact) mass is 513 g/mol. The largest absolute Gasteiger partial charge is 0.388 e. The summed E-state index contributed by atoms with van der Waals surface area (Å²) in [6.45, 7) is 3.99. The van der Waals surface area contributed by atoms with Gasteiger partial charge in [-0.25, -0.2) is 14.6 Å². The first kappa shape index (κ1) is 23.0. The molecule has 6 atom stereocenters. The molecule has 2 aromatic heterocycles. The number of nitrogens with two attached hydrogens (primary N) is 1. The lowest BCUT2D eigenvalue weighted by Crippen LogP contribution is -2.62. The Morgan fingerprint density at radius 3 is 2.74 bits per heavy atom. The molecule has 182 valence electrons. The first-order valence-electron chi connectivity index (χ1n) is 11.3. The van der Waals surface area contributed by atoms with Gasteiger partial charge in [0.2, 0.25) is 0 Å². The molecule has 4 aromatic rings. The van der Waals surface area contributed by atoms with Crippen LogP contribution in [0.4, 0.5) is 0 Å². The molecule has 2 saturated heterocycles. The fourth-order valence-electron chi connectivity index (χ4n) is 4.68. The third kappa shape index (κ3) is 4.05. The van der Waals surface area contributed by atoms with Crippen molar-refractivity contribution in [1.29, 1.82) is 0 Å². The van der Waals surface area contributed by atoms with Crippen molar-refractivity contribution in [2.24, 2.45) is 5.73 Å². The Morgan fingerprint density at radius 2 is 1.94 bits per heavy atom. The van der Waals surface area contributed by atoms with Crippen LogP contribution in [0.5, 0.6) is 0 Å². The Labute approximate surface area is 210 Å². The summed E-state index contributed by atoms with van der Waals surface area (Å²) in [4.78, 5) is 9.08. The zero-order valence-electron chi connectivity index (χ0n) is 19.0. The molecule has 2 aliphatic rings. The van der Waals surface area contributed by atoms with E-state index >= 15 is 0 Å². The van der Waals surface area contributed by atoms with Gasteiger partial charge in [-0.15, -0.1) is 11.3 Å². The number of rotatable bonds is 3. The average molecular weight is 514 g/mol. The summed E-state index contributed by atoms with van der Waals surface area (Å²) >= 11 is 8.07. The number of aliphatic hydroxyl groups excluding tert-OH is 1. The van der Waals surface area contributed by atoms with Crippen molar-refractivity contribution in [3.63, 3.8) is 0 Å². The molecular weight excluding hydrogens is 490 g/mol. The van der Waals surface area contributed by atoms with Gasteiger partial charge in [-0.2, -0.15) is 5.10 Å². The smallest absolute Gasteiger partial charge is 0.184 e. The van der Waals surface area contributed by atoms with E-state index in [1.807, 2.05) is 43.3 Å². The maximum absolute atomic E-state index is 11.2. The van der Waals surface area contributed by atoms with Crippen molar-refractivity contribution >= 4 is 33.2 Å². The normalized spacial score (nSPS) is 28.8. The number of hydrogen-bond acceptors (Lipinski definition) is 9. The maximum atomic E-state index is 11.2. The minimum absolute atomic E-state index is 0.270. The van der Waals surface area contributed by atoms with Crippen molar-refractivity contribution in [2.45, 2.75) is 50.6 Å². The molecule has 11 heteroatoms. The molecule has 0 radical (unpaired) electrons. The highest BCUT2D eigenvalue weighted by Gasteiger charge is 2.49. The fraction of sp³-hybridized carbons (Fsp3) is 0.375. The number of hydrogen-bond donors (Lipinski definition) is 2. The van der Waals surface area contributed by atoms with Gasteiger partial charge in [0.25, 0.3) is 0 Å². The van der Waals surface area contributed by atoms with Gasteiger partial charge in [0.1, 0.15) is 35.8 Å². The molecule has 6 rings (SSSR count). The van der Waals surface area contributed by atoms with Crippen LogP contribution >= 0.6 is 22.9 Å². The van der Waals surface area contributed by atoms with Gasteiger partial charge in [-0.3, -0.25) is 0 Å². The minimum Gasteiger partial charge on any atom is -0.388 e. The first-order chi connectivity index (χ1) is 16.9. The van der Waals surface area contributed by atoms with Crippen LogP contribution in [0.1, 0.15) is 34.6 Å². The van der Waals surface area contributed by atoms with E-state index in [1.54, 1.807) is 29.0 Å². The van der Waals surface area contributed by atoms with E-state index in [2.05, 4.69) is 15.1 Å². The highest BCUT2D eigenvalue weighted by atomic mass is 35.5. The van der Waals surface area contributed by atoms with Crippen molar-refractivity contribution in [1.82, 2.24) is 19.7 Å². The summed E-state index contributed by atoms with van der Waals surface area (Å²) in [5, 5.41) is 17.2. The molecule has 0 aliphatic carbocycles. The maximum Gasteiger partial charge on any atom is 0.184 e. The molecule has 0 bridgehead atoms. The lowest BCUT2D eigenvalue weighted by molar-refractivity contribution is -0.309. The summed E-state index contributed by atoms with van der Waals surface area (Å²) in [7, 11) is 0. The summed E-state index contributed by atoms with van der Waals surface area (Å²) < 4.78 is 20.9. The van der Waals surface area contributed by atoms with Crippen LogP contribution in [-0.2, 0) is 14.2 Å². The lowest BCUT2D eigenvalue weighted by atomic mass is 9.92. The Hall–Kier alpha value is -2.44. The van der Waals surface area contributed by atoms with E-state index in [0.717, 1.165) is 20.8 Å². The number of aryl methyl sites for hydroxylation is 2. The highest BCUT2D eigenvalue weighted by Crippen LogP contribution is 2.39. The Morgan fingerprint density at radius 1 is 1.14 bits per heavy atom. The number of benzene rings is 2. The second kappa shape index (κ2) is 8.90. The van der Waals surface area contributed by atoms with Gasteiger partial charge >= 0.3 is 0 Å². The van der Waals surface area contributed by atoms with Gasteiger partial charge in [0, 0.05) is 5.56 Å². The van der Waals surface area contributed by atoms with Gasteiger partial charge < -0.3 is 25.1 Å². The van der Waals surface area contributed by atoms with Crippen LogP contribution < -0.4 is 5.73 Å². The van der Waals surface area contributed by atoms with E-state index in [1.165, 1.54) is 0 Å². The predicted octanol–water partition coefficient (Wildman–Crippen LogP) is 3.39. The second-order valence-corrected chi connectivity index (χ2v) is 10.4. The molecular formula is C24H24ClN5O4S. The summed E-state index contributed by atoms with van der Waals surface area (Å²) in [6.07, 6.45) is -3.48. The number of nitrogens with zero attached hydrogens (tertiary/aromatic N) is 4. The molecule has 0 amide bonds. The first-order valence-corrected chi connectivity index (χ1v) is 12.5. The zero-order valence-corrected chi connectivity index (χ0v) is 20.6. The Bertz CT molecular complexity index is 1380. The van der Waals surface area contributed by atoms with Gasteiger partial charge in [-0.05, 0) is 26.0 Å². The third-order valence-corrected chi connectivity index (χ3v) is 7.52. The molecule has 9 nitrogen and oxygen atoms in total. The molecule has 0 saturated carbocycles. The summed E-state index contributed by atoms with van der Waals surface area (Å²) in [5.74, 6) is 0.967. The molecule has 35 heavy (non-hydrogen) atoms. The van der Waals surface area contributed by atoms with E-state index in [-0.39, 0.29) is 6.61 Å². The van der Waals surface area contributed by atoms with Crippen molar-refractivity contribution < 1.29 is 19.3 Å². The molecule has 2 fully saturated rings. The average Bonchev–Trinajstić information content (AvgIpc) is 3.43. The van der Waals surface area contributed by atoms with Crippen LogP contribution in [-0.4, -0.2) is 55.8 Å². The Balaban J connectivity index is 1.31. The SMILES string of the molecule is Cc1nc([C@@H]2O[C@@H]3COC(c4ccccc4)O[C@@H]3[C@H](N)[C@H]2O)n(-c2cc(Cl)c3nc(C)sc3c2)n1. The van der Waals surface area contributed by atoms with Crippen LogP contribution in [0.25, 0.3) is 15.9 Å². The number of fused-ring (bicyclic) bond motifs is 2. The van der Waals surface area contributed by atoms with Gasteiger partial charge in [-0.1, -0.05) is 41.9 Å². The number of thiazole rings is 1. The van der Waals surface area contributed by atoms with Crippen LogP contribution in [0.3, 0.4) is 0 Å². The molecule has 1 unspecified atom stereocenters. The number of aromatic nitrogens is 4. The standard InChI is InChI=1S/C24H24ClN5O4S/c1-11-27-23(30(29-11)14-8-15(25)19-17(9-14)35-12(2)28-19)22-20(31)18(26)21-16(33-22)10-32-24(34-21)13-6-4-3-5-7-13/h3-9,16,18,20-22,24,31H,10,26H2,1-2H3/t16-,18-,20-,21+,22-,24?/m1/s1.